The number of carboxylic acid groups (broad SMARTS) is 1. The van der Waals surface area contributed by atoms with E-state index in [2.05, 4.69) is 10.4 Å². The number of carboxylic acids is 1. The van der Waals surface area contributed by atoms with Crippen molar-refractivity contribution < 1.29 is 14.3 Å². The zero-order chi connectivity index (χ0) is 16.2. The second-order valence-corrected chi connectivity index (χ2v) is 5.00. The fourth-order valence-electron chi connectivity index (χ4n) is 2.26. The monoisotopic (exact) mass is 311 g/mol. The molecule has 2 aromatic carbocycles. The van der Waals surface area contributed by atoms with Gasteiger partial charge in [-0.15, -0.1) is 0 Å². The average Bonchev–Trinajstić information content (AvgIpc) is 2.97. The number of nitrogens with zero attached hydrogens (tertiary/aromatic N) is 2. The number of benzene rings is 2. The van der Waals surface area contributed by atoms with Gasteiger partial charge in [-0.05, 0) is 17.7 Å². The molecule has 0 radical (unpaired) electrons. The van der Waals surface area contributed by atoms with E-state index in [1.54, 1.807) is 10.9 Å². The molecular weight excluding hydrogens is 297 g/mol. The van der Waals surface area contributed by atoms with Gasteiger partial charge in [0.05, 0.1) is 29.7 Å². The van der Waals surface area contributed by atoms with Gasteiger partial charge in [0.15, 0.2) is 0 Å². The molecule has 0 saturated carbocycles. The minimum absolute atomic E-state index is 0.0701. The van der Waals surface area contributed by atoms with Crippen LogP contribution in [0.1, 0.15) is 15.9 Å². The standard InChI is InChI=1S/C17H14FN3O2/c18-15-8-4-7-14(17(22)23)16(15)20-13-9-19-21(11-13)10-12-5-2-1-3-6-12/h1-9,11,20H,10H2,(H,22,23). The number of hydrogen-bond donors (Lipinski definition) is 2. The van der Waals surface area contributed by atoms with E-state index < -0.39 is 11.8 Å². The lowest BCUT2D eigenvalue weighted by Crippen LogP contribution is -2.04. The van der Waals surface area contributed by atoms with Gasteiger partial charge in [-0.2, -0.15) is 5.10 Å². The van der Waals surface area contributed by atoms with Crippen molar-refractivity contribution in [2.75, 3.05) is 5.32 Å². The Hall–Kier alpha value is -3.15. The Kier molecular flexibility index (Phi) is 4.05. The molecule has 5 nitrogen and oxygen atoms in total. The lowest BCUT2D eigenvalue weighted by Gasteiger charge is -2.08. The van der Waals surface area contributed by atoms with Gasteiger partial charge in [0.1, 0.15) is 5.82 Å². The van der Waals surface area contributed by atoms with Crippen LogP contribution >= 0.6 is 0 Å². The van der Waals surface area contributed by atoms with Crippen LogP contribution in [0.15, 0.2) is 60.9 Å². The summed E-state index contributed by atoms with van der Waals surface area (Å²) in [4.78, 5) is 11.2. The van der Waals surface area contributed by atoms with Crippen molar-refractivity contribution in [1.29, 1.82) is 0 Å². The Bertz CT molecular complexity index is 831. The van der Waals surface area contributed by atoms with Crippen LogP contribution in [0.25, 0.3) is 0 Å². The van der Waals surface area contributed by atoms with E-state index in [-0.39, 0.29) is 11.3 Å². The molecule has 0 unspecified atom stereocenters. The molecule has 0 bridgehead atoms. The first-order chi connectivity index (χ1) is 11.1. The minimum atomic E-state index is -1.19. The molecule has 0 aliphatic rings. The molecule has 23 heavy (non-hydrogen) atoms. The molecule has 6 heteroatoms. The minimum Gasteiger partial charge on any atom is -0.478 e. The predicted molar refractivity (Wildman–Crippen MR) is 84.4 cm³/mol. The Morgan fingerprint density at radius 3 is 2.70 bits per heavy atom. The van der Waals surface area contributed by atoms with Gasteiger partial charge in [-0.25, -0.2) is 9.18 Å². The molecule has 1 heterocycles. The first-order valence-corrected chi connectivity index (χ1v) is 6.98. The third kappa shape index (κ3) is 3.37. The molecule has 1 aromatic heterocycles. The van der Waals surface area contributed by atoms with E-state index in [0.29, 0.717) is 12.2 Å². The van der Waals surface area contributed by atoms with Crippen molar-refractivity contribution in [2.45, 2.75) is 6.54 Å². The fourth-order valence-corrected chi connectivity index (χ4v) is 2.26. The number of para-hydroxylation sites is 1. The number of halogens is 1. The largest absolute Gasteiger partial charge is 0.478 e. The molecule has 3 rings (SSSR count). The highest BCUT2D eigenvalue weighted by atomic mass is 19.1. The molecule has 2 N–H and O–H groups in total. The van der Waals surface area contributed by atoms with Gasteiger partial charge in [0.2, 0.25) is 0 Å². The first-order valence-electron chi connectivity index (χ1n) is 6.98. The van der Waals surface area contributed by atoms with Crippen LogP contribution in [-0.4, -0.2) is 20.9 Å². The first kappa shape index (κ1) is 14.8. The zero-order valence-electron chi connectivity index (χ0n) is 12.1. The normalized spacial score (nSPS) is 10.5. The smallest absolute Gasteiger partial charge is 0.337 e. The summed E-state index contributed by atoms with van der Waals surface area (Å²) in [6.07, 6.45) is 3.23. The maximum absolute atomic E-state index is 13.9. The van der Waals surface area contributed by atoms with Crippen LogP contribution in [0.4, 0.5) is 15.8 Å². The van der Waals surface area contributed by atoms with Crippen molar-refractivity contribution in [2.24, 2.45) is 0 Å². The maximum Gasteiger partial charge on any atom is 0.337 e. The number of carbonyl (C=O) groups is 1. The van der Waals surface area contributed by atoms with E-state index in [0.717, 1.165) is 5.56 Å². The van der Waals surface area contributed by atoms with Crippen LogP contribution in [0.2, 0.25) is 0 Å². The van der Waals surface area contributed by atoms with Crippen LogP contribution in [0.3, 0.4) is 0 Å². The molecule has 3 aromatic rings. The number of aromatic nitrogens is 2. The Balaban J connectivity index is 1.81. The van der Waals surface area contributed by atoms with Gasteiger partial charge in [-0.3, -0.25) is 4.68 Å². The Labute approximate surface area is 132 Å². The highest BCUT2D eigenvalue weighted by Gasteiger charge is 2.14. The molecule has 0 atom stereocenters. The van der Waals surface area contributed by atoms with E-state index in [9.17, 15) is 9.18 Å². The SMILES string of the molecule is O=C(O)c1cccc(F)c1Nc1cnn(Cc2ccccc2)c1. The molecule has 0 aliphatic carbocycles. The van der Waals surface area contributed by atoms with Crippen LogP contribution in [-0.2, 0) is 6.54 Å². The van der Waals surface area contributed by atoms with Crippen molar-refractivity contribution in [3.63, 3.8) is 0 Å². The van der Waals surface area contributed by atoms with Crippen molar-refractivity contribution in [3.05, 3.63) is 77.9 Å². The molecule has 0 fully saturated rings. The van der Waals surface area contributed by atoms with E-state index in [1.807, 2.05) is 30.3 Å². The van der Waals surface area contributed by atoms with Crippen molar-refractivity contribution in [3.8, 4) is 0 Å². The lowest BCUT2D eigenvalue weighted by atomic mass is 10.1. The van der Waals surface area contributed by atoms with E-state index >= 15 is 0 Å². The molecular formula is C17H14FN3O2. The third-order valence-electron chi connectivity index (χ3n) is 3.33. The topological polar surface area (TPSA) is 67.2 Å². The summed E-state index contributed by atoms with van der Waals surface area (Å²) in [6.45, 7) is 0.575. The fraction of sp³-hybridized carbons (Fsp3) is 0.0588. The summed E-state index contributed by atoms with van der Waals surface area (Å²) in [7, 11) is 0. The van der Waals surface area contributed by atoms with Crippen molar-refractivity contribution in [1.82, 2.24) is 9.78 Å². The number of anilines is 2. The van der Waals surface area contributed by atoms with Gasteiger partial charge in [0, 0.05) is 6.20 Å². The summed E-state index contributed by atoms with van der Waals surface area (Å²) in [5.74, 6) is -1.82. The summed E-state index contributed by atoms with van der Waals surface area (Å²) in [5, 5.41) is 16.1. The number of nitrogens with one attached hydrogen (secondary N) is 1. The van der Waals surface area contributed by atoms with Crippen molar-refractivity contribution >= 4 is 17.3 Å². The van der Waals surface area contributed by atoms with Crippen LogP contribution in [0.5, 0.6) is 0 Å². The van der Waals surface area contributed by atoms with Crippen LogP contribution < -0.4 is 5.32 Å². The summed E-state index contributed by atoms with van der Waals surface area (Å²) in [5.41, 5.74) is 1.41. The molecule has 0 amide bonds. The van der Waals surface area contributed by atoms with E-state index in [4.69, 9.17) is 5.11 Å². The number of hydrogen-bond acceptors (Lipinski definition) is 3. The zero-order valence-corrected chi connectivity index (χ0v) is 12.1. The summed E-state index contributed by atoms with van der Waals surface area (Å²) < 4.78 is 15.6. The molecule has 116 valence electrons. The highest BCUT2D eigenvalue weighted by molar-refractivity contribution is 5.95. The average molecular weight is 311 g/mol. The highest BCUT2D eigenvalue weighted by Crippen LogP contribution is 2.24. The van der Waals surface area contributed by atoms with Gasteiger partial charge in [-0.1, -0.05) is 36.4 Å². The van der Waals surface area contributed by atoms with Gasteiger partial charge >= 0.3 is 5.97 Å². The maximum atomic E-state index is 13.9. The van der Waals surface area contributed by atoms with E-state index in [1.165, 1.54) is 24.4 Å². The number of aromatic carboxylic acids is 1. The summed E-state index contributed by atoms with van der Waals surface area (Å²) >= 11 is 0. The summed E-state index contributed by atoms with van der Waals surface area (Å²) in [6, 6.07) is 13.7. The van der Waals surface area contributed by atoms with Gasteiger partial charge in [0.25, 0.3) is 0 Å². The lowest BCUT2D eigenvalue weighted by molar-refractivity contribution is 0.0697. The number of rotatable bonds is 5. The van der Waals surface area contributed by atoms with Gasteiger partial charge < -0.3 is 10.4 Å². The Morgan fingerprint density at radius 2 is 1.96 bits per heavy atom. The third-order valence-corrected chi connectivity index (χ3v) is 3.33. The second-order valence-electron chi connectivity index (χ2n) is 5.00. The Morgan fingerprint density at radius 1 is 1.17 bits per heavy atom. The molecule has 0 spiro atoms. The second kappa shape index (κ2) is 6.31. The predicted octanol–water partition coefficient (Wildman–Crippen LogP) is 3.51. The quantitative estimate of drug-likeness (QED) is 0.756. The van der Waals surface area contributed by atoms with Crippen LogP contribution in [0, 0.1) is 5.82 Å². The molecule has 0 saturated heterocycles. The molecule has 0 aliphatic heterocycles.